The van der Waals surface area contributed by atoms with Gasteiger partial charge in [0.05, 0.1) is 18.8 Å². The van der Waals surface area contributed by atoms with Crippen molar-refractivity contribution in [3.8, 4) is 0 Å². The molecule has 0 spiro atoms. The van der Waals surface area contributed by atoms with E-state index in [4.69, 9.17) is 4.74 Å². The first-order chi connectivity index (χ1) is 6.14. The van der Waals surface area contributed by atoms with Gasteiger partial charge < -0.3 is 15.2 Å². The molecule has 1 fully saturated rings. The molecular weight excluding hydrogens is 166 g/mol. The summed E-state index contributed by atoms with van der Waals surface area (Å²) in [7, 11) is 0. The van der Waals surface area contributed by atoms with E-state index in [0.717, 1.165) is 19.6 Å². The molecule has 0 aromatic carbocycles. The molecule has 76 valence electrons. The van der Waals surface area contributed by atoms with Gasteiger partial charge in [0.25, 0.3) is 0 Å². The maximum Gasteiger partial charge on any atom is 0.0669 e. The normalized spacial score (nSPS) is 28.0. The molecule has 3 nitrogen and oxygen atoms in total. The van der Waals surface area contributed by atoms with Crippen LogP contribution in [0.5, 0.6) is 0 Å². The van der Waals surface area contributed by atoms with Crippen molar-refractivity contribution in [3.63, 3.8) is 0 Å². The summed E-state index contributed by atoms with van der Waals surface area (Å²) in [6.45, 7) is 7.83. The Morgan fingerprint density at radius 1 is 1.77 bits per heavy atom. The molecule has 0 bridgehead atoms. The molecule has 2 unspecified atom stereocenters. The van der Waals surface area contributed by atoms with Crippen LogP contribution in [-0.4, -0.2) is 36.5 Å². The van der Waals surface area contributed by atoms with E-state index in [-0.39, 0.29) is 6.04 Å². The minimum Gasteiger partial charge on any atom is -0.390 e. The van der Waals surface area contributed by atoms with E-state index in [1.54, 1.807) is 6.08 Å². The molecule has 2 atom stereocenters. The Bertz CT molecular complexity index is 162. The van der Waals surface area contributed by atoms with Gasteiger partial charge in [0, 0.05) is 12.6 Å². The van der Waals surface area contributed by atoms with Gasteiger partial charge in [-0.15, -0.1) is 6.58 Å². The Hall–Kier alpha value is -0.380. The van der Waals surface area contributed by atoms with Crippen LogP contribution >= 0.6 is 0 Å². The molecule has 0 amide bonds. The van der Waals surface area contributed by atoms with Crippen LogP contribution in [0, 0.1) is 0 Å². The van der Waals surface area contributed by atoms with Gasteiger partial charge in [0.1, 0.15) is 0 Å². The predicted molar refractivity (Wildman–Crippen MR) is 52.7 cm³/mol. The van der Waals surface area contributed by atoms with Gasteiger partial charge >= 0.3 is 0 Å². The van der Waals surface area contributed by atoms with Crippen LogP contribution in [0.3, 0.4) is 0 Å². The molecule has 0 saturated carbocycles. The van der Waals surface area contributed by atoms with Gasteiger partial charge in [0.2, 0.25) is 0 Å². The Morgan fingerprint density at radius 3 is 3.08 bits per heavy atom. The molecule has 1 rings (SSSR count). The molecule has 0 radical (unpaired) electrons. The average molecular weight is 185 g/mol. The highest BCUT2D eigenvalue weighted by atomic mass is 16.5. The number of nitrogens with one attached hydrogen (secondary N) is 1. The van der Waals surface area contributed by atoms with Gasteiger partial charge in [0.15, 0.2) is 0 Å². The number of aliphatic hydroxyl groups is 1. The summed E-state index contributed by atoms with van der Waals surface area (Å²) in [5.41, 5.74) is -0.653. The molecule has 2 N–H and O–H groups in total. The Morgan fingerprint density at radius 2 is 2.54 bits per heavy atom. The van der Waals surface area contributed by atoms with Crippen LogP contribution < -0.4 is 5.32 Å². The summed E-state index contributed by atoms with van der Waals surface area (Å²) in [5.74, 6) is 0. The van der Waals surface area contributed by atoms with Crippen molar-refractivity contribution >= 4 is 0 Å². The molecule has 1 saturated heterocycles. The van der Waals surface area contributed by atoms with E-state index >= 15 is 0 Å². The Balaban J connectivity index is 2.32. The van der Waals surface area contributed by atoms with Crippen molar-refractivity contribution in [2.75, 3.05) is 19.8 Å². The fraction of sp³-hybridized carbons (Fsp3) is 0.800. The van der Waals surface area contributed by atoms with Crippen LogP contribution in [0.25, 0.3) is 0 Å². The lowest BCUT2D eigenvalue weighted by molar-refractivity contribution is 0.00815. The number of morpholine rings is 1. The van der Waals surface area contributed by atoms with Gasteiger partial charge in [-0.3, -0.25) is 0 Å². The van der Waals surface area contributed by atoms with Crippen molar-refractivity contribution < 1.29 is 9.84 Å². The maximum absolute atomic E-state index is 9.90. The molecule has 1 aliphatic rings. The predicted octanol–water partition coefficient (Wildman–Crippen LogP) is 0.692. The molecule has 13 heavy (non-hydrogen) atoms. The molecule has 1 heterocycles. The fourth-order valence-electron chi connectivity index (χ4n) is 1.68. The van der Waals surface area contributed by atoms with Crippen molar-refractivity contribution in [2.24, 2.45) is 0 Å². The maximum atomic E-state index is 9.90. The highest BCUT2D eigenvalue weighted by Crippen LogP contribution is 2.18. The first-order valence-corrected chi connectivity index (χ1v) is 4.78. The van der Waals surface area contributed by atoms with E-state index in [1.165, 1.54) is 0 Å². The van der Waals surface area contributed by atoms with Gasteiger partial charge in [-0.2, -0.15) is 0 Å². The Kier molecular flexibility index (Phi) is 3.90. The van der Waals surface area contributed by atoms with E-state index in [0.29, 0.717) is 13.0 Å². The van der Waals surface area contributed by atoms with Crippen molar-refractivity contribution in [2.45, 2.75) is 31.4 Å². The highest BCUT2D eigenvalue weighted by Gasteiger charge is 2.25. The summed E-state index contributed by atoms with van der Waals surface area (Å²) >= 11 is 0. The monoisotopic (exact) mass is 185 g/mol. The van der Waals surface area contributed by atoms with E-state index in [9.17, 15) is 5.11 Å². The molecular formula is C10H19NO2. The van der Waals surface area contributed by atoms with E-state index in [2.05, 4.69) is 11.9 Å². The zero-order valence-corrected chi connectivity index (χ0v) is 8.25. The first-order valence-electron chi connectivity index (χ1n) is 4.78. The highest BCUT2D eigenvalue weighted by molar-refractivity contribution is 4.87. The van der Waals surface area contributed by atoms with E-state index in [1.807, 2.05) is 6.92 Å². The largest absolute Gasteiger partial charge is 0.390 e. The summed E-state index contributed by atoms with van der Waals surface area (Å²) in [6.07, 6.45) is 3.11. The lowest BCUT2D eigenvalue weighted by Crippen LogP contribution is -2.45. The molecule has 3 heteroatoms. The van der Waals surface area contributed by atoms with Crippen molar-refractivity contribution in [3.05, 3.63) is 12.7 Å². The summed E-state index contributed by atoms with van der Waals surface area (Å²) in [6, 6.07) is 0.281. The summed E-state index contributed by atoms with van der Waals surface area (Å²) in [5, 5.41) is 13.2. The van der Waals surface area contributed by atoms with Crippen LogP contribution in [-0.2, 0) is 4.74 Å². The minimum absolute atomic E-state index is 0.281. The van der Waals surface area contributed by atoms with E-state index < -0.39 is 5.60 Å². The summed E-state index contributed by atoms with van der Waals surface area (Å²) < 4.78 is 5.31. The zero-order chi connectivity index (χ0) is 9.73. The number of rotatable bonds is 4. The SMILES string of the molecule is C=CCC(C)(O)CC1COCCN1. The summed E-state index contributed by atoms with van der Waals surface area (Å²) in [4.78, 5) is 0. The van der Waals surface area contributed by atoms with Gasteiger partial charge in [-0.25, -0.2) is 0 Å². The first kappa shape index (κ1) is 10.7. The standard InChI is InChI=1S/C10H19NO2/c1-3-4-10(2,12)7-9-8-13-6-5-11-9/h3,9,11-12H,1,4-8H2,2H3. The second kappa shape index (κ2) is 4.74. The second-order valence-corrected chi connectivity index (χ2v) is 3.92. The smallest absolute Gasteiger partial charge is 0.0669 e. The minimum atomic E-state index is -0.653. The molecule has 0 aliphatic carbocycles. The van der Waals surface area contributed by atoms with Crippen molar-refractivity contribution in [1.29, 1.82) is 0 Å². The fourth-order valence-corrected chi connectivity index (χ4v) is 1.68. The number of hydrogen-bond donors (Lipinski definition) is 2. The molecule has 0 aromatic rings. The lowest BCUT2D eigenvalue weighted by Gasteiger charge is -2.30. The molecule has 0 aromatic heterocycles. The number of ether oxygens (including phenoxy) is 1. The van der Waals surface area contributed by atoms with Gasteiger partial charge in [-0.05, 0) is 19.8 Å². The van der Waals surface area contributed by atoms with Crippen LogP contribution in [0.2, 0.25) is 0 Å². The zero-order valence-electron chi connectivity index (χ0n) is 8.25. The topological polar surface area (TPSA) is 41.5 Å². The third-order valence-electron chi connectivity index (χ3n) is 2.27. The number of hydrogen-bond acceptors (Lipinski definition) is 3. The quantitative estimate of drug-likeness (QED) is 0.633. The van der Waals surface area contributed by atoms with Crippen molar-refractivity contribution in [1.82, 2.24) is 5.32 Å². The van der Waals surface area contributed by atoms with Crippen LogP contribution in [0.15, 0.2) is 12.7 Å². The third-order valence-corrected chi connectivity index (χ3v) is 2.27. The van der Waals surface area contributed by atoms with Gasteiger partial charge in [-0.1, -0.05) is 6.08 Å². The van der Waals surface area contributed by atoms with Crippen LogP contribution in [0.4, 0.5) is 0 Å². The third kappa shape index (κ3) is 3.89. The lowest BCUT2D eigenvalue weighted by atomic mass is 9.93. The second-order valence-electron chi connectivity index (χ2n) is 3.92. The molecule has 1 aliphatic heterocycles. The Labute approximate surface area is 79.8 Å². The average Bonchev–Trinajstić information content (AvgIpc) is 2.04. The van der Waals surface area contributed by atoms with Crippen LogP contribution in [0.1, 0.15) is 19.8 Å².